The van der Waals surface area contributed by atoms with Crippen molar-refractivity contribution < 1.29 is 0 Å². The van der Waals surface area contributed by atoms with Crippen molar-refractivity contribution in [3.05, 3.63) is 57.5 Å². The molecule has 0 heterocycles. The minimum absolute atomic E-state index is 0.493. The fraction of sp³-hybridized carbons (Fsp3) is 0.0769. The Morgan fingerprint density at radius 1 is 1.12 bits per heavy atom. The van der Waals surface area contributed by atoms with Crippen molar-refractivity contribution in [1.82, 2.24) is 0 Å². The summed E-state index contributed by atoms with van der Waals surface area (Å²) in [5, 5.41) is 0.724. The molecule has 2 aromatic rings. The third-order valence-electron chi connectivity index (χ3n) is 2.30. The second kappa shape index (κ2) is 5.91. The average Bonchev–Trinajstić information content (AvgIpc) is 2.34. The molecular weight excluding hydrogens is 318 g/mol. The number of hydrogen-bond acceptors (Lipinski definition) is 2. The van der Waals surface area contributed by atoms with Crippen LogP contribution in [0.25, 0.3) is 0 Å². The second-order valence-electron chi connectivity index (χ2n) is 3.49. The van der Waals surface area contributed by atoms with Gasteiger partial charge in [-0.1, -0.05) is 35.5 Å². The summed E-state index contributed by atoms with van der Waals surface area (Å²) in [7, 11) is 0. The van der Waals surface area contributed by atoms with Crippen LogP contribution in [0.1, 0.15) is 5.56 Å². The molecule has 0 saturated carbocycles. The highest BCUT2D eigenvalue weighted by Gasteiger charge is 2.06. The van der Waals surface area contributed by atoms with Crippen molar-refractivity contribution >= 4 is 39.3 Å². The van der Waals surface area contributed by atoms with Gasteiger partial charge < -0.3 is 5.73 Å². The fourth-order valence-electron chi connectivity index (χ4n) is 1.45. The van der Waals surface area contributed by atoms with Crippen LogP contribution in [0, 0.1) is 0 Å². The predicted octanol–water partition coefficient (Wildman–Crippen LogP) is 4.71. The molecule has 0 spiro atoms. The van der Waals surface area contributed by atoms with Crippen molar-refractivity contribution in [1.29, 1.82) is 0 Å². The molecule has 0 atom stereocenters. The summed E-state index contributed by atoms with van der Waals surface area (Å²) in [5.74, 6) is 0. The molecule has 1 nitrogen and oxygen atoms in total. The Kier molecular flexibility index (Phi) is 4.51. The summed E-state index contributed by atoms with van der Waals surface area (Å²) in [6.07, 6.45) is 0. The topological polar surface area (TPSA) is 26.0 Å². The molecule has 0 aromatic heterocycles. The minimum Gasteiger partial charge on any atom is -0.326 e. The lowest BCUT2D eigenvalue weighted by atomic mass is 10.2. The summed E-state index contributed by atoms with van der Waals surface area (Å²) in [6.45, 7) is 0.493. The molecule has 0 aliphatic heterocycles. The van der Waals surface area contributed by atoms with Gasteiger partial charge in [0.05, 0.1) is 0 Å². The average molecular weight is 329 g/mol. The normalized spacial score (nSPS) is 10.5. The zero-order chi connectivity index (χ0) is 12.3. The Morgan fingerprint density at radius 2 is 1.88 bits per heavy atom. The van der Waals surface area contributed by atoms with Crippen molar-refractivity contribution in [2.24, 2.45) is 5.73 Å². The summed E-state index contributed by atoms with van der Waals surface area (Å²) in [6, 6.07) is 13.9. The van der Waals surface area contributed by atoms with Crippen molar-refractivity contribution in [2.45, 2.75) is 16.3 Å². The number of halogens is 2. The summed E-state index contributed by atoms with van der Waals surface area (Å²) < 4.78 is 1.09. The molecule has 2 rings (SSSR count). The van der Waals surface area contributed by atoms with E-state index in [2.05, 4.69) is 22.0 Å². The van der Waals surface area contributed by atoms with E-state index in [9.17, 15) is 0 Å². The molecule has 0 aliphatic carbocycles. The molecule has 0 aliphatic rings. The summed E-state index contributed by atoms with van der Waals surface area (Å²) in [5.41, 5.74) is 6.80. The van der Waals surface area contributed by atoms with Crippen LogP contribution in [0.4, 0.5) is 0 Å². The van der Waals surface area contributed by atoms with E-state index in [0.29, 0.717) is 6.54 Å². The van der Waals surface area contributed by atoms with E-state index >= 15 is 0 Å². The van der Waals surface area contributed by atoms with Gasteiger partial charge in [-0.25, -0.2) is 0 Å². The van der Waals surface area contributed by atoms with Crippen LogP contribution < -0.4 is 5.73 Å². The Morgan fingerprint density at radius 3 is 2.59 bits per heavy atom. The molecule has 4 heteroatoms. The Labute approximate surface area is 118 Å². The second-order valence-corrected chi connectivity index (χ2v) is 5.86. The van der Waals surface area contributed by atoms with Gasteiger partial charge in [-0.05, 0) is 51.8 Å². The van der Waals surface area contributed by atoms with E-state index in [4.69, 9.17) is 17.3 Å². The van der Waals surface area contributed by atoms with Gasteiger partial charge in [-0.3, -0.25) is 0 Å². The number of nitrogens with two attached hydrogens (primary N) is 1. The van der Waals surface area contributed by atoms with E-state index < -0.39 is 0 Å². The Balaban J connectivity index is 2.33. The molecule has 17 heavy (non-hydrogen) atoms. The Bertz CT molecular complexity index is 531. The van der Waals surface area contributed by atoms with Crippen LogP contribution in [0.2, 0.25) is 5.02 Å². The van der Waals surface area contributed by atoms with Crippen LogP contribution in [0.3, 0.4) is 0 Å². The SMILES string of the molecule is NCc1cc(Cl)ccc1Sc1ccccc1Br. The first kappa shape index (κ1) is 13.0. The molecule has 88 valence electrons. The van der Waals surface area contributed by atoms with Crippen LogP contribution in [0.15, 0.2) is 56.7 Å². The van der Waals surface area contributed by atoms with E-state index in [0.717, 1.165) is 20.0 Å². The monoisotopic (exact) mass is 327 g/mol. The molecule has 2 N–H and O–H groups in total. The maximum atomic E-state index is 5.96. The molecule has 0 bridgehead atoms. The molecule has 0 radical (unpaired) electrons. The number of benzene rings is 2. The lowest BCUT2D eigenvalue weighted by molar-refractivity contribution is 1.03. The third kappa shape index (κ3) is 3.26. The lowest BCUT2D eigenvalue weighted by Gasteiger charge is -2.09. The number of hydrogen-bond donors (Lipinski definition) is 1. The van der Waals surface area contributed by atoms with Crippen LogP contribution in [-0.4, -0.2) is 0 Å². The van der Waals surface area contributed by atoms with Gasteiger partial charge in [-0.2, -0.15) is 0 Å². The zero-order valence-electron chi connectivity index (χ0n) is 8.99. The van der Waals surface area contributed by atoms with Crippen molar-refractivity contribution in [3.8, 4) is 0 Å². The zero-order valence-corrected chi connectivity index (χ0v) is 12.1. The highest BCUT2D eigenvalue weighted by molar-refractivity contribution is 9.10. The van der Waals surface area contributed by atoms with Crippen molar-refractivity contribution in [2.75, 3.05) is 0 Å². The van der Waals surface area contributed by atoms with Gasteiger partial charge in [0.25, 0.3) is 0 Å². The third-order valence-corrected chi connectivity index (χ3v) is 4.68. The highest BCUT2D eigenvalue weighted by atomic mass is 79.9. The van der Waals surface area contributed by atoms with E-state index in [1.54, 1.807) is 11.8 Å². The van der Waals surface area contributed by atoms with Gasteiger partial charge in [0.2, 0.25) is 0 Å². The molecule has 0 saturated heterocycles. The smallest absolute Gasteiger partial charge is 0.0410 e. The predicted molar refractivity (Wildman–Crippen MR) is 77.6 cm³/mol. The lowest BCUT2D eigenvalue weighted by Crippen LogP contribution is -1.98. The standard InChI is InChI=1S/C13H11BrClNS/c14-11-3-1-2-4-13(11)17-12-6-5-10(15)7-9(12)8-16/h1-7H,8,16H2. The van der Waals surface area contributed by atoms with E-state index in [-0.39, 0.29) is 0 Å². The van der Waals surface area contributed by atoms with Crippen molar-refractivity contribution in [3.63, 3.8) is 0 Å². The first-order valence-electron chi connectivity index (χ1n) is 5.11. The van der Waals surface area contributed by atoms with E-state index in [1.807, 2.05) is 36.4 Å². The first-order chi connectivity index (χ1) is 8.20. The van der Waals surface area contributed by atoms with Gasteiger partial charge in [-0.15, -0.1) is 0 Å². The summed E-state index contributed by atoms with van der Waals surface area (Å²) in [4.78, 5) is 2.31. The van der Waals surface area contributed by atoms with Gasteiger partial charge in [0, 0.05) is 25.8 Å². The maximum absolute atomic E-state index is 5.96. The molecule has 2 aromatic carbocycles. The maximum Gasteiger partial charge on any atom is 0.0410 e. The van der Waals surface area contributed by atoms with Crippen LogP contribution in [-0.2, 0) is 6.54 Å². The van der Waals surface area contributed by atoms with Gasteiger partial charge >= 0.3 is 0 Å². The van der Waals surface area contributed by atoms with Crippen LogP contribution in [0.5, 0.6) is 0 Å². The molecular formula is C13H11BrClNS. The number of rotatable bonds is 3. The minimum atomic E-state index is 0.493. The summed E-state index contributed by atoms with van der Waals surface area (Å²) >= 11 is 11.2. The van der Waals surface area contributed by atoms with Gasteiger partial charge in [0.15, 0.2) is 0 Å². The molecule has 0 unspecified atom stereocenters. The molecule has 0 fully saturated rings. The fourth-order valence-corrected chi connectivity index (χ4v) is 3.13. The quantitative estimate of drug-likeness (QED) is 0.883. The first-order valence-corrected chi connectivity index (χ1v) is 7.10. The largest absolute Gasteiger partial charge is 0.326 e. The van der Waals surface area contributed by atoms with E-state index in [1.165, 1.54) is 4.90 Å². The Hall–Kier alpha value is -0.480. The van der Waals surface area contributed by atoms with Crippen LogP contribution >= 0.6 is 39.3 Å². The van der Waals surface area contributed by atoms with Gasteiger partial charge in [0.1, 0.15) is 0 Å². The molecule has 0 amide bonds. The highest BCUT2D eigenvalue weighted by Crippen LogP contribution is 2.35.